The van der Waals surface area contributed by atoms with Crippen molar-refractivity contribution in [3.8, 4) is 0 Å². The normalized spacial score (nSPS) is 10.5. The Morgan fingerprint density at radius 1 is 1.47 bits per heavy atom. The maximum Gasteiger partial charge on any atom is 0.326 e. The van der Waals surface area contributed by atoms with Gasteiger partial charge < -0.3 is 5.32 Å². The van der Waals surface area contributed by atoms with E-state index in [-0.39, 0.29) is 6.03 Å². The zero-order valence-electron chi connectivity index (χ0n) is 8.66. The Hall–Kier alpha value is -1.77. The molecule has 2 aromatic rings. The fourth-order valence-corrected chi connectivity index (χ4v) is 1.65. The Morgan fingerprint density at radius 2 is 2.20 bits per heavy atom. The summed E-state index contributed by atoms with van der Waals surface area (Å²) in [5.74, 6) is 0. The predicted octanol–water partition coefficient (Wildman–Crippen LogP) is 2.40. The van der Waals surface area contributed by atoms with E-state index >= 15 is 0 Å². The number of carbonyl (C=O) groups excluding carboxylic acids is 1. The molecule has 77 valence electrons. The second-order valence-corrected chi connectivity index (χ2v) is 3.38. The highest BCUT2D eigenvalue weighted by Gasteiger charge is 2.09. The number of rotatable bonds is 1. The topological polar surface area (TPSA) is 34.0 Å². The molecule has 0 saturated carbocycles. The molecule has 0 bridgehead atoms. The molecule has 3 heteroatoms. The van der Waals surface area contributed by atoms with Gasteiger partial charge in [-0.05, 0) is 25.5 Å². The number of hydrogen-bond donors (Lipinski definition) is 1. The Morgan fingerprint density at radius 3 is 2.93 bits per heavy atom. The molecular formula is C12H13N2O. The molecule has 3 nitrogen and oxygen atoms in total. The second kappa shape index (κ2) is 3.77. The average molecular weight is 201 g/mol. The van der Waals surface area contributed by atoms with Crippen LogP contribution in [0.25, 0.3) is 10.9 Å². The summed E-state index contributed by atoms with van der Waals surface area (Å²) in [5, 5.41) is 3.78. The van der Waals surface area contributed by atoms with Gasteiger partial charge in [0, 0.05) is 18.1 Å². The van der Waals surface area contributed by atoms with Gasteiger partial charge in [-0.3, -0.25) is 4.57 Å². The van der Waals surface area contributed by atoms with Gasteiger partial charge in [0.15, 0.2) is 0 Å². The van der Waals surface area contributed by atoms with Crippen LogP contribution in [-0.2, 0) is 0 Å². The third kappa shape index (κ3) is 1.61. The quantitative estimate of drug-likeness (QED) is 0.755. The molecule has 1 N–H and O–H groups in total. The molecule has 2 rings (SSSR count). The molecule has 0 saturated heterocycles. The smallest absolute Gasteiger partial charge is 0.326 e. The van der Waals surface area contributed by atoms with Crippen LogP contribution in [-0.4, -0.2) is 17.1 Å². The standard InChI is InChI=1S/C12H13N2O/c1-3-13-12(15)14-8-9(2)10-6-4-5-7-11(10)14/h4-8H,2-3H2,1H3,(H,13,15). The van der Waals surface area contributed by atoms with Gasteiger partial charge in [0.1, 0.15) is 0 Å². The van der Waals surface area contributed by atoms with E-state index in [0.29, 0.717) is 6.54 Å². The summed E-state index contributed by atoms with van der Waals surface area (Å²) >= 11 is 0. The third-order valence-corrected chi connectivity index (χ3v) is 2.34. The number of amides is 1. The Labute approximate surface area is 88.7 Å². The zero-order chi connectivity index (χ0) is 10.8. The van der Waals surface area contributed by atoms with Gasteiger partial charge in [-0.15, -0.1) is 0 Å². The summed E-state index contributed by atoms with van der Waals surface area (Å²) in [4.78, 5) is 11.7. The number of nitrogens with one attached hydrogen (secondary N) is 1. The highest BCUT2D eigenvalue weighted by Crippen LogP contribution is 2.19. The minimum atomic E-state index is -0.108. The minimum absolute atomic E-state index is 0.108. The van der Waals surface area contributed by atoms with Crippen molar-refractivity contribution in [2.24, 2.45) is 0 Å². The first-order chi connectivity index (χ1) is 7.24. The van der Waals surface area contributed by atoms with Crippen LogP contribution in [0.1, 0.15) is 12.5 Å². The second-order valence-electron chi connectivity index (χ2n) is 3.38. The molecular weight excluding hydrogens is 188 g/mol. The lowest BCUT2D eigenvalue weighted by Crippen LogP contribution is -2.27. The van der Waals surface area contributed by atoms with Gasteiger partial charge in [0.2, 0.25) is 0 Å². The fraction of sp³-hybridized carbons (Fsp3) is 0.167. The molecule has 0 fully saturated rings. The van der Waals surface area contributed by atoms with Crippen LogP contribution in [0.3, 0.4) is 0 Å². The molecule has 0 atom stereocenters. The fourth-order valence-electron chi connectivity index (χ4n) is 1.65. The van der Waals surface area contributed by atoms with E-state index in [1.165, 1.54) is 0 Å². The molecule has 0 aliphatic heterocycles. The predicted molar refractivity (Wildman–Crippen MR) is 60.9 cm³/mol. The summed E-state index contributed by atoms with van der Waals surface area (Å²) in [6, 6.07) is 7.63. The summed E-state index contributed by atoms with van der Waals surface area (Å²) in [5.41, 5.74) is 1.77. The maximum absolute atomic E-state index is 11.7. The van der Waals surface area contributed by atoms with Crippen molar-refractivity contribution >= 4 is 16.9 Å². The monoisotopic (exact) mass is 201 g/mol. The number of hydrogen-bond acceptors (Lipinski definition) is 1. The lowest BCUT2D eigenvalue weighted by atomic mass is 10.2. The number of para-hydroxylation sites is 1. The van der Waals surface area contributed by atoms with Crippen LogP contribution in [0, 0.1) is 6.92 Å². The largest absolute Gasteiger partial charge is 0.338 e. The number of fused-ring (bicyclic) bond motifs is 1. The molecule has 1 aromatic carbocycles. The van der Waals surface area contributed by atoms with E-state index in [1.54, 1.807) is 10.8 Å². The van der Waals surface area contributed by atoms with Crippen molar-refractivity contribution in [3.63, 3.8) is 0 Å². The summed E-state index contributed by atoms with van der Waals surface area (Å²) < 4.78 is 1.60. The molecule has 0 aliphatic rings. The van der Waals surface area contributed by atoms with E-state index in [0.717, 1.165) is 16.5 Å². The first kappa shape index (κ1) is 9.77. The van der Waals surface area contributed by atoms with Crippen molar-refractivity contribution in [1.82, 2.24) is 9.88 Å². The third-order valence-electron chi connectivity index (χ3n) is 2.34. The summed E-state index contributed by atoms with van der Waals surface area (Å²) in [7, 11) is 0. The lowest BCUT2D eigenvalue weighted by Gasteiger charge is -2.03. The number of aromatic nitrogens is 1. The molecule has 1 amide bonds. The van der Waals surface area contributed by atoms with Gasteiger partial charge in [-0.25, -0.2) is 4.79 Å². The van der Waals surface area contributed by atoms with Crippen LogP contribution in [0.4, 0.5) is 4.79 Å². The molecule has 1 heterocycles. The van der Waals surface area contributed by atoms with Crippen molar-refractivity contribution in [1.29, 1.82) is 0 Å². The van der Waals surface area contributed by atoms with E-state index in [4.69, 9.17) is 0 Å². The number of carbonyl (C=O) groups is 1. The lowest BCUT2D eigenvalue weighted by molar-refractivity contribution is 0.244. The van der Waals surface area contributed by atoms with E-state index in [1.807, 2.05) is 31.2 Å². The molecule has 0 aliphatic carbocycles. The van der Waals surface area contributed by atoms with Gasteiger partial charge in [0.05, 0.1) is 5.52 Å². The van der Waals surface area contributed by atoms with E-state index in [9.17, 15) is 4.79 Å². The van der Waals surface area contributed by atoms with Crippen LogP contribution in [0.2, 0.25) is 0 Å². The van der Waals surface area contributed by atoms with Gasteiger partial charge in [-0.2, -0.15) is 0 Å². The SMILES string of the molecule is [CH2]c1cn(C(=O)NCC)c2ccccc12. The summed E-state index contributed by atoms with van der Waals surface area (Å²) in [6.45, 7) is 6.43. The van der Waals surface area contributed by atoms with E-state index in [2.05, 4.69) is 12.2 Å². The molecule has 15 heavy (non-hydrogen) atoms. The van der Waals surface area contributed by atoms with Crippen molar-refractivity contribution in [2.75, 3.05) is 6.54 Å². The first-order valence-electron chi connectivity index (χ1n) is 4.94. The number of nitrogens with zero attached hydrogens (tertiary/aromatic N) is 1. The van der Waals surface area contributed by atoms with Crippen LogP contribution < -0.4 is 5.32 Å². The Kier molecular flexibility index (Phi) is 2.46. The van der Waals surface area contributed by atoms with Gasteiger partial charge in [0.25, 0.3) is 0 Å². The highest BCUT2D eigenvalue weighted by molar-refractivity contribution is 5.94. The summed E-state index contributed by atoms with van der Waals surface area (Å²) in [6.07, 6.45) is 1.76. The Bertz CT molecular complexity index is 499. The van der Waals surface area contributed by atoms with Crippen LogP contribution in [0.15, 0.2) is 30.5 Å². The van der Waals surface area contributed by atoms with Crippen LogP contribution in [0.5, 0.6) is 0 Å². The number of benzene rings is 1. The van der Waals surface area contributed by atoms with E-state index < -0.39 is 0 Å². The molecule has 1 aromatic heterocycles. The van der Waals surface area contributed by atoms with Gasteiger partial charge >= 0.3 is 6.03 Å². The first-order valence-corrected chi connectivity index (χ1v) is 4.94. The van der Waals surface area contributed by atoms with Gasteiger partial charge in [-0.1, -0.05) is 18.2 Å². The average Bonchev–Trinajstić information content (AvgIpc) is 2.58. The minimum Gasteiger partial charge on any atom is -0.338 e. The molecule has 0 unspecified atom stereocenters. The zero-order valence-corrected chi connectivity index (χ0v) is 8.66. The van der Waals surface area contributed by atoms with Crippen molar-refractivity contribution in [2.45, 2.75) is 6.92 Å². The molecule has 0 spiro atoms. The maximum atomic E-state index is 11.7. The van der Waals surface area contributed by atoms with Crippen molar-refractivity contribution < 1.29 is 4.79 Å². The Balaban J connectivity index is 2.57. The van der Waals surface area contributed by atoms with Crippen molar-refractivity contribution in [3.05, 3.63) is 42.9 Å². The van der Waals surface area contributed by atoms with Crippen LogP contribution >= 0.6 is 0 Å². The molecule has 1 radical (unpaired) electrons. The highest BCUT2D eigenvalue weighted by atomic mass is 16.2.